The first-order valence-electron chi connectivity index (χ1n) is 8.40. The third-order valence-electron chi connectivity index (χ3n) is 4.33. The van der Waals surface area contributed by atoms with Gasteiger partial charge < -0.3 is 14.7 Å². The summed E-state index contributed by atoms with van der Waals surface area (Å²) in [4.78, 5) is 20.8. The van der Waals surface area contributed by atoms with Gasteiger partial charge in [0.1, 0.15) is 0 Å². The average Bonchev–Trinajstić information content (AvgIpc) is 3.37. The van der Waals surface area contributed by atoms with Gasteiger partial charge in [0.25, 0.3) is 5.91 Å². The van der Waals surface area contributed by atoms with E-state index in [1.807, 2.05) is 4.90 Å². The first-order chi connectivity index (χ1) is 11.1. The van der Waals surface area contributed by atoms with E-state index in [1.54, 1.807) is 25.3 Å². The number of carbonyl (C=O) groups excluding carboxylic acids is 1. The van der Waals surface area contributed by atoms with E-state index in [1.165, 1.54) is 12.8 Å². The summed E-state index contributed by atoms with van der Waals surface area (Å²) < 4.78 is 5.59. The van der Waals surface area contributed by atoms with E-state index >= 15 is 0 Å². The van der Waals surface area contributed by atoms with Crippen LogP contribution in [0.15, 0.2) is 18.3 Å². The van der Waals surface area contributed by atoms with E-state index in [-0.39, 0.29) is 12.0 Å². The number of piperazine rings is 1. The number of pyridine rings is 1. The molecule has 1 saturated carbocycles. The Hall–Kier alpha value is -1.66. The molecule has 1 unspecified atom stereocenters. The van der Waals surface area contributed by atoms with Gasteiger partial charge in [-0.05, 0) is 31.7 Å². The highest BCUT2D eigenvalue weighted by Gasteiger charge is 2.24. The Morgan fingerprint density at radius 3 is 2.65 bits per heavy atom. The van der Waals surface area contributed by atoms with Gasteiger partial charge in [-0.1, -0.05) is 0 Å². The van der Waals surface area contributed by atoms with Crippen molar-refractivity contribution in [3.8, 4) is 5.88 Å². The molecule has 0 radical (unpaired) electrons. The van der Waals surface area contributed by atoms with Gasteiger partial charge in [0.05, 0.1) is 18.3 Å². The zero-order valence-electron chi connectivity index (χ0n) is 13.6. The highest BCUT2D eigenvalue weighted by atomic mass is 16.5. The molecule has 1 saturated heterocycles. The molecular weight excluding hydrogens is 294 g/mol. The molecule has 1 aliphatic heterocycles. The molecule has 126 valence electrons. The Kier molecular flexibility index (Phi) is 5.13. The summed E-state index contributed by atoms with van der Waals surface area (Å²) in [7, 11) is 0. The molecule has 1 aromatic rings. The summed E-state index contributed by atoms with van der Waals surface area (Å²) in [5.74, 6) is 1.30. The Labute approximate surface area is 137 Å². The van der Waals surface area contributed by atoms with Crippen LogP contribution in [-0.2, 0) is 0 Å². The minimum atomic E-state index is -0.329. The Bertz CT molecular complexity index is 520. The molecule has 0 aromatic carbocycles. The van der Waals surface area contributed by atoms with E-state index in [4.69, 9.17) is 4.74 Å². The smallest absolute Gasteiger partial charge is 0.255 e. The van der Waals surface area contributed by atoms with Crippen LogP contribution in [-0.4, -0.2) is 71.2 Å². The highest BCUT2D eigenvalue weighted by molar-refractivity contribution is 5.94. The molecule has 1 aliphatic carbocycles. The van der Waals surface area contributed by atoms with Crippen LogP contribution in [0, 0.1) is 5.92 Å². The highest BCUT2D eigenvalue weighted by Crippen LogP contribution is 2.29. The van der Waals surface area contributed by atoms with Gasteiger partial charge in [0.15, 0.2) is 0 Å². The van der Waals surface area contributed by atoms with Gasteiger partial charge in [-0.15, -0.1) is 0 Å². The summed E-state index contributed by atoms with van der Waals surface area (Å²) in [6, 6.07) is 3.57. The number of aliphatic hydroxyl groups is 1. The number of hydrogen-bond acceptors (Lipinski definition) is 5. The van der Waals surface area contributed by atoms with Crippen molar-refractivity contribution < 1.29 is 14.6 Å². The summed E-state index contributed by atoms with van der Waals surface area (Å²) in [6.45, 7) is 6.15. The minimum absolute atomic E-state index is 0.0166. The fourth-order valence-electron chi connectivity index (χ4n) is 2.77. The van der Waals surface area contributed by atoms with Crippen molar-refractivity contribution in [2.75, 3.05) is 39.3 Å². The number of amides is 1. The lowest BCUT2D eigenvalue weighted by Gasteiger charge is -2.35. The summed E-state index contributed by atoms with van der Waals surface area (Å²) in [5.41, 5.74) is 0.604. The monoisotopic (exact) mass is 319 g/mol. The fraction of sp³-hybridized carbons (Fsp3) is 0.647. The van der Waals surface area contributed by atoms with Gasteiger partial charge >= 0.3 is 0 Å². The van der Waals surface area contributed by atoms with Crippen LogP contribution in [0.5, 0.6) is 5.88 Å². The van der Waals surface area contributed by atoms with E-state index < -0.39 is 0 Å². The molecule has 6 nitrogen and oxygen atoms in total. The van der Waals surface area contributed by atoms with Crippen molar-refractivity contribution >= 4 is 5.91 Å². The Morgan fingerprint density at radius 2 is 2.09 bits per heavy atom. The number of carbonyl (C=O) groups is 1. The predicted molar refractivity (Wildman–Crippen MR) is 86.5 cm³/mol. The summed E-state index contributed by atoms with van der Waals surface area (Å²) >= 11 is 0. The van der Waals surface area contributed by atoms with Gasteiger partial charge in [-0.25, -0.2) is 4.98 Å². The first kappa shape index (κ1) is 16.2. The average molecular weight is 319 g/mol. The van der Waals surface area contributed by atoms with Crippen molar-refractivity contribution in [1.82, 2.24) is 14.8 Å². The lowest BCUT2D eigenvalue weighted by atomic mass is 10.2. The molecule has 2 aliphatic rings. The third kappa shape index (κ3) is 4.65. The maximum Gasteiger partial charge on any atom is 0.255 e. The van der Waals surface area contributed by atoms with Crippen LogP contribution in [0.2, 0.25) is 0 Å². The molecule has 2 fully saturated rings. The molecular formula is C17H25N3O3. The van der Waals surface area contributed by atoms with E-state index in [0.717, 1.165) is 19.7 Å². The molecule has 23 heavy (non-hydrogen) atoms. The molecule has 6 heteroatoms. The lowest BCUT2D eigenvalue weighted by molar-refractivity contribution is 0.0553. The first-order valence-corrected chi connectivity index (χ1v) is 8.40. The normalized spacial score (nSPS) is 20.3. The van der Waals surface area contributed by atoms with Crippen LogP contribution >= 0.6 is 0 Å². The number of β-amino-alcohol motifs (C(OH)–C–C–N with tert-alkyl or cyclic N) is 1. The largest absolute Gasteiger partial charge is 0.477 e. The second-order valence-corrected chi connectivity index (χ2v) is 6.58. The zero-order valence-corrected chi connectivity index (χ0v) is 13.6. The molecule has 0 spiro atoms. The Balaban J connectivity index is 1.49. The topological polar surface area (TPSA) is 65.9 Å². The van der Waals surface area contributed by atoms with Crippen LogP contribution in [0.1, 0.15) is 30.1 Å². The van der Waals surface area contributed by atoms with Crippen LogP contribution in [0.3, 0.4) is 0 Å². The van der Waals surface area contributed by atoms with Crippen molar-refractivity contribution in [3.05, 3.63) is 23.9 Å². The molecule has 3 rings (SSSR count). The number of ether oxygens (including phenoxy) is 1. The third-order valence-corrected chi connectivity index (χ3v) is 4.33. The number of aliphatic hydroxyl groups excluding tert-OH is 1. The van der Waals surface area contributed by atoms with E-state index in [2.05, 4.69) is 9.88 Å². The maximum atomic E-state index is 12.5. The van der Waals surface area contributed by atoms with Gasteiger partial charge in [-0.2, -0.15) is 0 Å². The second-order valence-electron chi connectivity index (χ2n) is 6.58. The van der Waals surface area contributed by atoms with E-state index in [9.17, 15) is 9.90 Å². The molecule has 1 aromatic heterocycles. The summed E-state index contributed by atoms with van der Waals surface area (Å²) in [6.07, 6.45) is 3.77. The number of rotatable bonds is 6. The number of nitrogens with zero attached hydrogens (tertiary/aromatic N) is 3. The lowest BCUT2D eigenvalue weighted by Crippen LogP contribution is -2.50. The van der Waals surface area contributed by atoms with Crippen molar-refractivity contribution in [2.24, 2.45) is 5.92 Å². The quantitative estimate of drug-likeness (QED) is 0.848. The zero-order chi connectivity index (χ0) is 16.2. The van der Waals surface area contributed by atoms with Gasteiger partial charge in [-0.3, -0.25) is 9.69 Å². The maximum absolute atomic E-state index is 12.5. The van der Waals surface area contributed by atoms with E-state index in [0.29, 0.717) is 37.0 Å². The second kappa shape index (κ2) is 7.27. The minimum Gasteiger partial charge on any atom is -0.477 e. The summed E-state index contributed by atoms with van der Waals surface area (Å²) in [5, 5.41) is 9.42. The molecule has 1 amide bonds. The number of aromatic nitrogens is 1. The Morgan fingerprint density at radius 1 is 1.35 bits per heavy atom. The molecule has 1 atom stereocenters. The fourth-order valence-corrected chi connectivity index (χ4v) is 2.77. The van der Waals surface area contributed by atoms with Crippen LogP contribution < -0.4 is 4.74 Å². The predicted octanol–water partition coefficient (Wildman–Crippen LogP) is 1.01. The molecule has 2 heterocycles. The SMILES string of the molecule is CC(O)CN1CCN(C(=O)c2ccc(OCC3CC3)nc2)CC1. The van der Waals surface area contributed by atoms with Crippen molar-refractivity contribution in [3.63, 3.8) is 0 Å². The van der Waals surface area contributed by atoms with Gasteiger partial charge in [0, 0.05) is 45.0 Å². The number of hydrogen-bond donors (Lipinski definition) is 1. The standard InChI is InChI=1S/C17H25N3O3/c1-13(21)11-19-6-8-20(9-7-19)17(22)15-4-5-16(18-10-15)23-12-14-2-3-14/h4-5,10,13-14,21H,2-3,6-9,11-12H2,1H3. The van der Waals surface area contributed by atoms with Crippen LogP contribution in [0.4, 0.5) is 0 Å². The molecule has 1 N–H and O–H groups in total. The van der Waals surface area contributed by atoms with Gasteiger partial charge in [0.2, 0.25) is 5.88 Å². The van der Waals surface area contributed by atoms with Crippen molar-refractivity contribution in [1.29, 1.82) is 0 Å². The molecule has 0 bridgehead atoms. The van der Waals surface area contributed by atoms with Crippen molar-refractivity contribution in [2.45, 2.75) is 25.9 Å². The van der Waals surface area contributed by atoms with Crippen LogP contribution in [0.25, 0.3) is 0 Å².